The van der Waals surface area contributed by atoms with Gasteiger partial charge in [0.2, 0.25) is 0 Å². The zero-order valence-electron chi connectivity index (χ0n) is 13.8. The number of hydrogen-bond donors (Lipinski definition) is 1. The number of β-lactam (4-membered cyclic amide) rings is 1. The minimum Gasteiger partial charge on any atom is -0.459 e. The van der Waals surface area contributed by atoms with E-state index in [4.69, 9.17) is 4.42 Å². The quantitative estimate of drug-likeness (QED) is 0.838. The highest BCUT2D eigenvalue weighted by atomic mass is 16.3. The summed E-state index contributed by atoms with van der Waals surface area (Å²) in [6.07, 6.45) is 7.39. The van der Waals surface area contributed by atoms with E-state index < -0.39 is 6.10 Å². The summed E-state index contributed by atoms with van der Waals surface area (Å²) >= 11 is 0. The molecule has 0 aromatic carbocycles. The fourth-order valence-electron chi connectivity index (χ4n) is 4.75. The molecule has 4 rings (SSSR count). The molecule has 130 valence electrons. The second-order valence-electron chi connectivity index (χ2n) is 7.28. The van der Waals surface area contributed by atoms with Crippen LogP contribution in [-0.4, -0.2) is 57.5 Å². The smallest absolute Gasteiger partial charge is 0.289 e. The molecule has 0 radical (unpaired) electrons. The van der Waals surface area contributed by atoms with Crippen LogP contribution >= 0.6 is 0 Å². The van der Waals surface area contributed by atoms with Gasteiger partial charge >= 0.3 is 0 Å². The molecule has 3 heterocycles. The monoisotopic (exact) mass is 332 g/mol. The first-order valence-electron chi connectivity index (χ1n) is 8.97. The zero-order chi connectivity index (χ0) is 16.7. The van der Waals surface area contributed by atoms with Crippen molar-refractivity contribution in [2.24, 2.45) is 0 Å². The molecular formula is C18H24N2O4. The molecule has 2 saturated heterocycles. The molecule has 2 amide bonds. The summed E-state index contributed by atoms with van der Waals surface area (Å²) in [5.41, 5.74) is -0.326. The molecule has 1 atom stereocenters. The summed E-state index contributed by atoms with van der Waals surface area (Å²) in [6, 6.07) is 3.54. The predicted molar refractivity (Wildman–Crippen MR) is 86.3 cm³/mol. The maximum Gasteiger partial charge on any atom is 0.289 e. The van der Waals surface area contributed by atoms with Crippen molar-refractivity contribution in [2.45, 2.75) is 62.6 Å². The first-order valence-corrected chi connectivity index (χ1v) is 8.97. The van der Waals surface area contributed by atoms with Crippen molar-refractivity contribution < 1.29 is 19.1 Å². The molecule has 24 heavy (non-hydrogen) atoms. The SMILES string of the molecule is O=C(c1ccco1)N1CCC(N2C(=O)C(O)C23CCCCC3)CC1. The zero-order valence-corrected chi connectivity index (χ0v) is 13.8. The number of furan rings is 1. The van der Waals surface area contributed by atoms with Gasteiger partial charge in [0.15, 0.2) is 11.9 Å². The Bertz CT molecular complexity index is 613. The number of carbonyl (C=O) groups is 2. The third-order valence-corrected chi connectivity index (χ3v) is 6.03. The van der Waals surface area contributed by atoms with Crippen LogP contribution in [0.3, 0.4) is 0 Å². The Kier molecular flexibility index (Phi) is 3.87. The van der Waals surface area contributed by atoms with E-state index in [1.54, 1.807) is 17.0 Å². The van der Waals surface area contributed by atoms with Gasteiger partial charge in [-0.15, -0.1) is 0 Å². The topological polar surface area (TPSA) is 74.0 Å². The van der Waals surface area contributed by atoms with E-state index in [1.807, 2.05) is 4.90 Å². The van der Waals surface area contributed by atoms with Crippen LogP contribution in [0.25, 0.3) is 0 Å². The molecule has 3 fully saturated rings. The summed E-state index contributed by atoms with van der Waals surface area (Å²) in [5, 5.41) is 10.3. The molecule has 1 aromatic heterocycles. The van der Waals surface area contributed by atoms with Crippen LogP contribution in [0.1, 0.15) is 55.5 Å². The predicted octanol–water partition coefficient (Wildman–Crippen LogP) is 1.79. The first-order chi connectivity index (χ1) is 11.6. The van der Waals surface area contributed by atoms with E-state index in [-0.39, 0.29) is 23.4 Å². The number of rotatable bonds is 2. The summed E-state index contributed by atoms with van der Waals surface area (Å²) in [5.74, 6) is 0.168. The number of likely N-dealkylation sites (tertiary alicyclic amines) is 2. The maximum absolute atomic E-state index is 12.3. The van der Waals surface area contributed by atoms with E-state index >= 15 is 0 Å². The number of nitrogens with zero attached hydrogens (tertiary/aromatic N) is 2. The third kappa shape index (κ3) is 2.27. The fraction of sp³-hybridized carbons (Fsp3) is 0.667. The Morgan fingerprint density at radius 2 is 1.92 bits per heavy atom. The second-order valence-corrected chi connectivity index (χ2v) is 7.28. The minimum absolute atomic E-state index is 0.0826. The first kappa shape index (κ1) is 15.7. The van der Waals surface area contributed by atoms with Crippen molar-refractivity contribution in [1.82, 2.24) is 9.80 Å². The normalized spacial score (nSPS) is 27.4. The molecule has 1 saturated carbocycles. The van der Waals surface area contributed by atoms with Gasteiger partial charge in [-0.2, -0.15) is 0 Å². The van der Waals surface area contributed by atoms with Crippen LogP contribution in [0.4, 0.5) is 0 Å². The molecule has 1 aromatic rings. The summed E-state index contributed by atoms with van der Waals surface area (Å²) in [4.78, 5) is 28.4. The molecular weight excluding hydrogens is 308 g/mol. The minimum atomic E-state index is -0.819. The highest BCUT2D eigenvalue weighted by molar-refractivity contribution is 5.92. The average molecular weight is 332 g/mol. The number of hydrogen-bond acceptors (Lipinski definition) is 4. The number of piperidine rings is 1. The molecule has 1 N–H and O–H groups in total. The van der Waals surface area contributed by atoms with Gasteiger partial charge in [0.05, 0.1) is 11.8 Å². The molecule has 0 bridgehead atoms. The van der Waals surface area contributed by atoms with Crippen LogP contribution < -0.4 is 0 Å². The van der Waals surface area contributed by atoms with Gasteiger partial charge in [0.1, 0.15) is 0 Å². The van der Waals surface area contributed by atoms with Crippen molar-refractivity contribution in [1.29, 1.82) is 0 Å². The van der Waals surface area contributed by atoms with Gasteiger partial charge in [-0.1, -0.05) is 19.3 Å². The van der Waals surface area contributed by atoms with Crippen LogP contribution in [0.15, 0.2) is 22.8 Å². The van der Waals surface area contributed by atoms with Gasteiger partial charge in [-0.25, -0.2) is 0 Å². The van der Waals surface area contributed by atoms with Crippen molar-refractivity contribution in [3.8, 4) is 0 Å². The van der Waals surface area contributed by atoms with Crippen molar-refractivity contribution >= 4 is 11.8 Å². The molecule has 1 aliphatic carbocycles. The number of amides is 2. The Morgan fingerprint density at radius 3 is 2.54 bits per heavy atom. The molecule has 6 nitrogen and oxygen atoms in total. The third-order valence-electron chi connectivity index (χ3n) is 6.03. The van der Waals surface area contributed by atoms with Crippen LogP contribution in [-0.2, 0) is 4.79 Å². The number of aliphatic hydroxyl groups is 1. The fourth-order valence-corrected chi connectivity index (χ4v) is 4.75. The summed E-state index contributed by atoms with van der Waals surface area (Å²) < 4.78 is 5.19. The Labute approximate surface area is 141 Å². The molecule has 6 heteroatoms. The molecule has 1 unspecified atom stereocenters. The molecule has 1 spiro atoms. The van der Waals surface area contributed by atoms with Gasteiger partial charge in [0.25, 0.3) is 11.8 Å². The van der Waals surface area contributed by atoms with Crippen molar-refractivity contribution in [3.63, 3.8) is 0 Å². The van der Waals surface area contributed by atoms with E-state index in [2.05, 4.69) is 0 Å². The van der Waals surface area contributed by atoms with E-state index in [0.29, 0.717) is 18.8 Å². The van der Waals surface area contributed by atoms with Gasteiger partial charge in [0, 0.05) is 19.1 Å². The highest BCUT2D eigenvalue weighted by Gasteiger charge is 2.61. The summed E-state index contributed by atoms with van der Waals surface area (Å²) in [6.45, 7) is 1.25. The molecule has 2 aliphatic heterocycles. The van der Waals surface area contributed by atoms with E-state index in [0.717, 1.165) is 38.5 Å². The van der Waals surface area contributed by atoms with E-state index in [9.17, 15) is 14.7 Å². The van der Waals surface area contributed by atoms with Gasteiger partial charge in [-0.3, -0.25) is 9.59 Å². The lowest BCUT2D eigenvalue weighted by Crippen LogP contribution is -2.77. The van der Waals surface area contributed by atoms with Gasteiger partial charge < -0.3 is 19.3 Å². The highest BCUT2D eigenvalue weighted by Crippen LogP contribution is 2.46. The van der Waals surface area contributed by atoms with Crippen molar-refractivity contribution in [2.75, 3.05) is 13.1 Å². The molecule has 3 aliphatic rings. The Hall–Kier alpha value is -1.82. The average Bonchev–Trinajstić information content (AvgIpc) is 3.17. The second kappa shape index (κ2) is 5.92. The number of carbonyl (C=O) groups excluding carboxylic acids is 2. The lowest BCUT2D eigenvalue weighted by molar-refractivity contribution is -0.200. The van der Waals surface area contributed by atoms with Crippen LogP contribution in [0.5, 0.6) is 0 Å². The Balaban J connectivity index is 1.42. The Morgan fingerprint density at radius 1 is 1.21 bits per heavy atom. The lowest BCUT2D eigenvalue weighted by Gasteiger charge is -2.61. The van der Waals surface area contributed by atoms with Crippen LogP contribution in [0.2, 0.25) is 0 Å². The number of aliphatic hydroxyl groups excluding tert-OH is 1. The standard InChI is InChI=1S/C18H24N2O4/c21-15-17(23)20(18(15)8-2-1-3-9-18)13-6-10-19(11-7-13)16(22)14-5-4-12-24-14/h4-5,12-13,15,21H,1-3,6-11H2. The van der Waals surface area contributed by atoms with Crippen LogP contribution in [0, 0.1) is 0 Å². The van der Waals surface area contributed by atoms with E-state index in [1.165, 1.54) is 12.7 Å². The van der Waals surface area contributed by atoms with Crippen molar-refractivity contribution in [3.05, 3.63) is 24.2 Å². The summed E-state index contributed by atoms with van der Waals surface area (Å²) in [7, 11) is 0. The maximum atomic E-state index is 12.3. The lowest BCUT2D eigenvalue weighted by atomic mass is 9.68. The van der Waals surface area contributed by atoms with Gasteiger partial charge in [-0.05, 0) is 37.8 Å². The largest absolute Gasteiger partial charge is 0.459 e.